The molecular formula is C17H22N2O3. The number of hydrogen-bond donors (Lipinski definition) is 2. The van der Waals surface area contributed by atoms with Crippen LogP contribution < -0.4 is 15.4 Å². The molecule has 5 heteroatoms. The Labute approximate surface area is 130 Å². The molecule has 1 aliphatic heterocycles. The van der Waals surface area contributed by atoms with Crippen LogP contribution in [0.4, 0.5) is 0 Å². The zero-order chi connectivity index (χ0) is 15.5. The van der Waals surface area contributed by atoms with Crippen molar-refractivity contribution < 1.29 is 14.3 Å². The number of carbonyl (C=O) groups is 2. The molecule has 1 aromatic carbocycles. The molecule has 0 radical (unpaired) electrons. The highest BCUT2D eigenvalue weighted by molar-refractivity contribution is 6.00. The lowest BCUT2D eigenvalue weighted by Gasteiger charge is -2.23. The zero-order valence-corrected chi connectivity index (χ0v) is 12.9. The van der Waals surface area contributed by atoms with Crippen LogP contribution in [0.25, 0.3) is 0 Å². The van der Waals surface area contributed by atoms with Gasteiger partial charge in [0, 0.05) is 11.6 Å². The number of ether oxygens (including phenoxy) is 1. The second-order valence-corrected chi connectivity index (χ2v) is 6.09. The molecule has 3 rings (SSSR count). The fourth-order valence-electron chi connectivity index (χ4n) is 3.36. The Hall–Kier alpha value is -2.04. The number of methoxy groups -OCH3 is 1. The molecule has 1 aromatic rings. The molecule has 0 bridgehead atoms. The third-order valence-corrected chi connectivity index (χ3v) is 4.55. The van der Waals surface area contributed by atoms with Gasteiger partial charge in [-0.15, -0.1) is 0 Å². The number of rotatable bonds is 4. The lowest BCUT2D eigenvalue weighted by atomic mass is 9.95. The minimum Gasteiger partial charge on any atom is -0.497 e. The van der Waals surface area contributed by atoms with E-state index in [1.807, 2.05) is 12.1 Å². The predicted octanol–water partition coefficient (Wildman–Crippen LogP) is 2.32. The maximum Gasteiger partial charge on any atom is 0.252 e. The van der Waals surface area contributed by atoms with Gasteiger partial charge in [0.15, 0.2) is 0 Å². The summed E-state index contributed by atoms with van der Waals surface area (Å²) in [5.41, 5.74) is 1.49. The van der Waals surface area contributed by atoms with Gasteiger partial charge in [-0.2, -0.15) is 0 Å². The normalized spacial score (nSPS) is 21.1. The van der Waals surface area contributed by atoms with Gasteiger partial charge in [-0.3, -0.25) is 9.59 Å². The number of hydrogen-bond acceptors (Lipinski definition) is 3. The summed E-state index contributed by atoms with van der Waals surface area (Å²) in [5.74, 6) is 0.534. The summed E-state index contributed by atoms with van der Waals surface area (Å²) < 4.78 is 5.15. The highest BCUT2D eigenvalue weighted by Crippen LogP contribution is 2.30. The summed E-state index contributed by atoms with van der Waals surface area (Å²) in [4.78, 5) is 24.2. The fourth-order valence-corrected chi connectivity index (χ4v) is 3.36. The largest absolute Gasteiger partial charge is 0.497 e. The molecule has 0 saturated heterocycles. The molecule has 22 heavy (non-hydrogen) atoms. The van der Waals surface area contributed by atoms with Crippen molar-refractivity contribution in [2.75, 3.05) is 7.11 Å². The maximum atomic E-state index is 12.2. The number of nitrogens with one attached hydrogen (secondary N) is 2. The molecule has 1 saturated carbocycles. The van der Waals surface area contributed by atoms with Gasteiger partial charge in [-0.25, -0.2) is 0 Å². The smallest absolute Gasteiger partial charge is 0.252 e. The number of carbonyl (C=O) groups excluding carboxylic acids is 2. The molecule has 5 nitrogen and oxygen atoms in total. The molecule has 1 fully saturated rings. The fraction of sp³-hybridized carbons (Fsp3) is 0.529. The predicted molar refractivity (Wildman–Crippen MR) is 82.8 cm³/mol. The summed E-state index contributed by atoms with van der Waals surface area (Å²) in [6.45, 7) is 0. The monoisotopic (exact) mass is 302 g/mol. The van der Waals surface area contributed by atoms with Crippen molar-refractivity contribution in [1.29, 1.82) is 0 Å². The number of benzene rings is 1. The maximum absolute atomic E-state index is 12.2. The van der Waals surface area contributed by atoms with Crippen LogP contribution in [0.15, 0.2) is 18.2 Å². The lowest BCUT2D eigenvalue weighted by molar-refractivity contribution is -0.122. The molecule has 0 aromatic heterocycles. The summed E-state index contributed by atoms with van der Waals surface area (Å²) in [6.07, 6.45) is 6.07. The minimum absolute atomic E-state index is 0.0147. The molecular weight excluding hydrogens is 280 g/mol. The van der Waals surface area contributed by atoms with Crippen molar-refractivity contribution in [2.24, 2.45) is 0 Å². The van der Waals surface area contributed by atoms with Crippen LogP contribution in [0.2, 0.25) is 0 Å². The Bertz CT molecular complexity index is 579. The van der Waals surface area contributed by atoms with Crippen LogP contribution in [0.3, 0.4) is 0 Å². The molecule has 1 heterocycles. The van der Waals surface area contributed by atoms with Gasteiger partial charge < -0.3 is 15.4 Å². The van der Waals surface area contributed by atoms with Crippen molar-refractivity contribution in [3.8, 4) is 5.75 Å². The van der Waals surface area contributed by atoms with Crippen molar-refractivity contribution in [1.82, 2.24) is 10.6 Å². The summed E-state index contributed by atoms with van der Waals surface area (Å²) in [5, 5.41) is 5.98. The van der Waals surface area contributed by atoms with Crippen LogP contribution in [0, 0.1) is 0 Å². The molecule has 1 aliphatic carbocycles. The number of amides is 2. The Kier molecular flexibility index (Phi) is 4.32. The van der Waals surface area contributed by atoms with E-state index in [1.165, 1.54) is 19.3 Å². The standard InChI is InChI=1S/C17H22N2O3/c1-22-12-7-8-13-14(9-12)17(21)19-15(13)10-16(20)18-11-5-3-2-4-6-11/h7-9,11,15H,2-6,10H2,1H3,(H,18,20)(H,19,21)/t15-/m1/s1. The van der Waals surface area contributed by atoms with Crippen LogP contribution >= 0.6 is 0 Å². The van der Waals surface area contributed by atoms with Crippen molar-refractivity contribution in [3.63, 3.8) is 0 Å². The van der Waals surface area contributed by atoms with Crippen LogP contribution in [-0.2, 0) is 4.79 Å². The molecule has 0 unspecified atom stereocenters. The van der Waals surface area contributed by atoms with E-state index >= 15 is 0 Å². The average Bonchev–Trinajstić information content (AvgIpc) is 2.83. The molecule has 2 amide bonds. The van der Waals surface area contributed by atoms with E-state index in [9.17, 15) is 9.59 Å². The topological polar surface area (TPSA) is 67.4 Å². The van der Waals surface area contributed by atoms with Gasteiger partial charge >= 0.3 is 0 Å². The van der Waals surface area contributed by atoms with E-state index in [2.05, 4.69) is 10.6 Å². The third-order valence-electron chi connectivity index (χ3n) is 4.55. The quantitative estimate of drug-likeness (QED) is 0.897. The van der Waals surface area contributed by atoms with Gasteiger partial charge in [0.25, 0.3) is 5.91 Å². The van der Waals surface area contributed by atoms with E-state index in [1.54, 1.807) is 13.2 Å². The van der Waals surface area contributed by atoms with Crippen LogP contribution in [0.1, 0.15) is 60.5 Å². The average molecular weight is 302 g/mol. The second kappa shape index (κ2) is 6.38. The Morgan fingerprint density at radius 2 is 2.09 bits per heavy atom. The number of fused-ring (bicyclic) bond motifs is 1. The van der Waals surface area contributed by atoms with E-state index in [-0.39, 0.29) is 17.9 Å². The van der Waals surface area contributed by atoms with Crippen molar-refractivity contribution in [2.45, 2.75) is 50.6 Å². The SMILES string of the molecule is COc1ccc2c(c1)C(=O)N[C@@H]2CC(=O)NC1CCCCC1. The van der Waals surface area contributed by atoms with E-state index < -0.39 is 0 Å². The first-order valence-electron chi connectivity index (χ1n) is 7.95. The van der Waals surface area contributed by atoms with Gasteiger partial charge in [-0.05, 0) is 30.5 Å². The van der Waals surface area contributed by atoms with Crippen LogP contribution in [0.5, 0.6) is 5.75 Å². The zero-order valence-electron chi connectivity index (χ0n) is 12.9. The van der Waals surface area contributed by atoms with Gasteiger partial charge in [0.2, 0.25) is 5.91 Å². The molecule has 118 valence electrons. The molecule has 1 atom stereocenters. The summed E-state index contributed by atoms with van der Waals surface area (Å²) >= 11 is 0. The molecule has 2 N–H and O–H groups in total. The Morgan fingerprint density at radius 1 is 1.32 bits per heavy atom. The minimum atomic E-state index is -0.239. The highest BCUT2D eigenvalue weighted by atomic mass is 16.5. The Morgan fingerprint density at radius 3 is 2.82 bits per heavy atom. The first-order valence-corrected chi connectivity index (χ1v) is 7.95. The van der Waals surface area contributed by atoms with E-state index in [0.717, 1.165) is 18.4 Å². The first-order chi connectivity index (χ1) is 10.7. The van der Waals surface area contributed by atoms with Crippen LogP contribution in [-0.4, -0.2) is 25.0 Å². The summed E-state index contributed by atoms with van der Waals surface area (Å²) in [7, 11) is 1.57. The van der Waals surface area contributed by atoms with Crippen molar-refractivity contribution in [3.05, 3.63) is 29.3 Å². The van der Waals surface area contributed by atoms with E-state index in [4.69, 9.17) is 4.74 Å². The Balaban J connectivity index is 1.64. The van der Waals surface area contributed by atoms with Gasteiger partial charge in [-0.1, -0.05) is 25.3 Å². The first kappa shape index (κ1) is 14.9. The van der Waals surface area contributed by atoms with Gasteiger partial charge in [0.05, 0.1) is 19.6 Å². The lowest BCUT2D eigenvalue weighted by Crippen LogP contribution is -2.37. The third kappa shape index (κ3) is 3.08. The van der Waals surface area contributed by atoms with E-state index in [0.29, 0.717) is 23.8 Å². The van der Waals surface area contributed by atoms with Gasteiger partial charge in [0.1, 0.15) is 5.75 Å². The molecule has 2 aliphatic rings. The summed E-state index contributed by atoms with van der Waals surface area (Å²) in [6, 6.07) is 5.48. The second-order valence-electron chi connectivity index (χ2n) is 6.09. The van der Waals surface area contributed by atoms with Crippen molar-refractivity contribution >= 4 is 11.8 Å². The molecule has 0 spiro atoms. The highest BCUT2D eigenvalue weighted by Gasteiger charge is 2.31.